The normalized spacial score (nSPS) is 36.8. The number of ether oxygens (including phenoxy) is 1. The Hall–Kier alpha value is -2.21. The molecule has 5 rings (SSSR count). The van der Waals surface area contributed by atoms with E-state index in [1.54, 1.807) is 12.1 Å². The van der Waals surface area contributed by atoms with Crippen molar-refractivity contribution >= 4 is 17.8 Å². The van der Waals surface area contributed by atoms with Crippen LogP contribution in [-0.4, -0.2) is 41.0 Å². The molecule has 2 unspecified atom stereocenters. The molecule has 4 aliphatic rings. The van der Waals surface area contributed by atoms with Gasteiger partial charge in [-0.1, -0.05) is 19.9 Å². The van der Waals surface area contributed by atoms with Gasteiger partial charge in [0.2, 0.25) is 0 Å². The fraction of sp³-hybridized carbons (Fsp3) is 0.640. The Balaban J connectivity index is 1.62. The number of nitrogens with zero attached hydrogens (tertiary/aromatic N) is 1. The van der Waals surface area contributed by atoms with Gasteiger partial charge in [0.25, 0.3) is 0 Å². The van der Waals surface area contributed by atoms with Crippen molar-refractivity contribution in [3.05, 3.63) is 35.3 Å². The Morgan fingerprint density at radius 1 is 1.23 bits per heavy atom. The zero-order chi connectivity index (χ0) is 22.5. The largest absolute Gasteiger partial charge is 0.476 e. The van der Waals surface area contributed by atoms with E-state index in [-0.39, 0.29) is 16.7 Å². The van der Waals surface area contributed by atoms with Gasteiger partial charge in [-0.3, -0.25) is 0 Å². The number of allylic oxidation sites excluding steroid dienone is 2. The van der Waals surface area contributed by atoms with Crippen molar-refractivity contribution in [2.45, 2.75) is 71.8 Å². The lowest BCUT2D eigenvalue weighted by Gasteiger charge is -2.69. The summed E-state index contributed by atoms with van der Waals surface area (Å²) in [5.41, 5.74) is 2.61. The van der Waals surface area contributed by atoms with Crippen LogP contribution < -0.4 is 5.32 Å². The van der Waals surface area contributed by atoms with E-state index in [0.717, 1.165) is 38.1 Å². The van der Waals surface area contributed by atoms with Crippen LogP contribution in [0, 0.1) is 21.7 Å². The molecule has 31 heavy (non-hydrogen) atoms. The SMILES string of the molecule is CCOC12CC3(C)CC(C)(CC(CN/C(C)=C(\C=N)c4cccnc4C(=O)O)(C3)C1)C2. The summed E-state index contributed by atoms with van der Waals surface area (Å²) < 4.78 is 6.43. The molecule has 4 bridgehead atoms. The van der Waals surface area contributed by atoms with Crippen LogP contribution in [0.2, 0.25) is 0 Å². The molecule has 4 saturated carbocycles. The van der Waals surface area contributed by atoms with Gasteiger partial charge in [0.05, 0.1) is 5.60 Å². The lowest BCUT2D eigenvalue weighted by Crippen LogP contribution is -2.65. The first-order chi connectivity index (χ1) is 14.6. The maximum atomic E-state index is 11.6. The highest BCUT2D eigenvalue weighted by Gasteiger charge is 2.65. The van der Waals surface area contributed by atoms with E-state index < -0.39 is 5.97 Å². The summed E-state index contributed by atoms with van der Waals surface area (Å²) >= 11 is 0. The molecular weight excluding hydrogens is 390 g/mol. The average molecular weight is 426 g/mol. The molecule has 0 spiro atoms. The Kier molecular flexibility index (Phi) is 5.28. The van der Waals surface area contributed by atoms with Crippen LogP contribution in [0.1, 0.15) is 82.3 Å². The summed E-state index contributed by atoms with van der Waals surface area (Å²) in [4.78, 5) is 15.6. The fourth-order valence-electron chi connectivity index (χ4n) is 8.07. The summed E-state index contributed by atoms with van der Waals surface area (Å²) in [6.07, 6.45) is 9.75. The molecule has 2 atom stereocenters. The third-order valence-corrected chi connectivity index (χ3v) is 7.68. The number of carbonyl (C=O) groups is 1. The molecule has 6 nitrogen and oxygen atoms in total. The highest BCUT2D eigenvalue weighted by molar-refractivity contribution is 6.12. The zero-order valence-electron chi connectivity index (χ0n) is 19.2. The molecule has 4 fully saturated rings. The third-order valence-electron chi connectivity index (χ3n) is 7.68. The maximum absolute atomic E-state index is 11.6. The number of carboxylic acid groups (broad SMARTS) is 1. The number of aromatic carboxylic acids is 1. The van der Waals surface area contributed by atoms with Crippen LogP contribution in [0.4, 0.5) is 0 Å². The van der Waals surface area contributed by atoms with Gasteiger partial charge in [0.15, 0.2) is 5.69 Å². The lowest BCUT2D eigenvalue weighted by molar-refractivity contribution is -0.241. The highest BCUT2D eigenvalue weighted by Crippen LogP contribution is 2.71. The van der Waals surface area contributed by atoms with Crippen LogP contribution in [0.25, 0.3) is 5.57 Å². The molecule has 1 aromatic heterocycles. The van der Waals surface area contributed by atoms with Crippen molar-refractivity contribution in [2.75, 3.05) is 13.2 Å². The Morgan fingerprint density at radius 3 is 2.48 bits per heavy atom. The van der Waals surface area contributed by atoms with E-state index in [4.69, 9.17) is 10.1 Å². The number of aromatic nitrogens is 1. The number of rotatable bonds is 8. The molecule has 168 valence electrons. The average Bonchev–Trinajstić information content (AvgIpc) is 2.64. The van der Waals surface area contributed by atoms with Gasteiger partial charge in [0.1, 0.15) is 0 Å². The Labute approximate surface area is 185 Å². The molecule has 6 heteroatoms. The van der Waals surface area contributed by atoms with Crippen LogP contribution >= 0.6 is 0 Å². The summed E-state index contributed by atoms with van der Waals surface area (Å²) in [6.45, 7) is 10.5. The molecule has 1 heterocycles. The monoisotopic (exact) mass is 425 g/mol. The van der Waals surface area contributed by atoms with Gasteiger partial charge < -0.3 is 20.6 Å². The van der Waals surface area contributed by atoms with Crippen molar-refractivity contribution in [2.24, 2.45) is 16.2 Å². The Bertz CT molecular complexity index is 920. The molecule has 3 N–H and O–H groups in total. The van der Waals surface area contributed by atoms with Crippen LogP contribution in [0.15, 0.2) is 24.0 Å². The number of pyridine rings is 1. The van der Waals surface area contributed by atoms with Gasteiger partial charge in [0, 0.05) is 42.4 Å². The van der Waals surface area contributed by atoms with Gasteiger partial charge >= 0.3 is 5.97 Å². The van der Waals surface area contributed by atoms with Crippen molar-refractivity contribution < 1.29 is 14.6 Å². The minimum atomic E-state index is -1.08. The van der Waals surface area contributed by atoms with E-state index in [2.05, 4.69) is 31.1 Å². The second kappa shape index (κ2) is 7.44. The third kappa shape index (κ3) is 3.91. The smallest absolute Gasteiger partial charge is 0.355 e. The van der Waals surface area contributed by atoms with E-state index in [1.807, 2.05) is 6.92 Å². The van der Waals surface area contributed by atoms with Crippen LogP contribution in [0.5, 0.6) is 0 Å². The maximum Gasteiger partial charge on any atom is 0.355 e. The van der Waals surface area contributed by atoms with E-state index in [9.17, 15) is 9.90 Å². The molecule has 1 aromatic rings. The van der Waals surface area contributed by atoms with Crippen LogP contribution in [-0.2, 0) is 4.74 Å². The van der Waals surface area contributed by atoms with Gasteiger partial charge in [-0.15, -0.1) is 0 Å². The molecule has 0 radical (unpaired) electrons. The van der Waals surface area contributed by atoms with Gasteiger partial charge in [-0.05, 0) is 74.7 Å². The second-order valence-corrected chi connectivity index (χ2v) is 11.0. The van der Waals surface area contributed by atoms with Crippen LogP contribution in [0.3, 0.4) is 0 Å². The first kappa shape index (κ1) is 22.0. The minimum absolute atomic E-state index is 0.0174. The zero-order valence-corrected chi connectivity index (χ0v) is 19.2. The van der Waals surface area contributed by atoms with E-state index >= 15 is 0 Å². The van der Waals surface area contributed by atoms with E-state index in [1.165, 1.54) is 31.7 Å². The number of hydrogen-bond donors (Lipinski definition) is 3. The predicted molar refractivity (Wildman–Crippen MR) is 121 cm³/mol. The predicted octanol–water partition coefficient (Wildman–Crippen LogP) is 4.91. The van der Waals surface area contributed by atoms with Crippen molar-refractivity contribution in [3.8, 4) is 0 Å². The first-order valence-corrected chi connectivity index (χ1v) is 11.3. The number of carboxylic acids is 1. The molecule has 0 saturated heterocycles. The summed E-state index contributed by atoms with van der Waals surface area (Å²) in [5.74, 6) is -1.08. The number of hydrogen-bond acceptors (Lipinski definition) is 5. The second-order valence-electron chi connectivity index (χ2n) is 11.0. The molecule has 0 aliphatic heterocycles. The highest BCUT2D eigenvalue weighted by atomic mass is 16.5. The van der Waals surface area contributed by atoms with Crippen molar-refractivity contribution in [3.63, 3.8) is 0 Å². The lowest BCUT2D eigenvalue weighted by atomic mass is 9.39. The molecule has 0 aromatic carbocycles. The summed E-state index contributed by atoms with van der Waals surface area (Å²) in [7, 11) is 0. The number of nitrogens with one attached hydrogen (secondary N) is 2. The molecular formula is C25H35N3O3. The molecule has 4 aliphatic carbocycles. The fourth-order valence-corrected chi connectivity index (χ4v) is 8.07. The summed E-state index contributed by atoms with van der Waals surface area (Å²) in [6, 6.07) is 3.43. The van der Waals surface area contributed by atoms with Crippen molar-refractivity contribution in [1.82, 2.24) is 10.3 Å². The minimum Gasteiger partial charge on any atom is -0.476 e. The summed E-state index contributed by atoms with van der Waals surface area (Å²) in [5, 5.41) is 21.1. The molecule has 0 amide bonds. The van der Waals surface area contributed by atoms with Gasteiger partial charge in [-0.2, -0.15) is 0 Å². The van der Waals surface area contributed by atoms with Gasteiger partial charge in [-0.25, -0.2) is 9.78 Å². The topological polar surface area (TPSA) is 95.3 Å². The first-order valence-electron chi connectivity index (χ1n) is 11.3. The van der Waals surface area contributed by atoms with Crippen molar-refractivity contribution in [1.29, 1.82) is 5.41 Å². The standard InChI is InChI=1S/C25H35N3O3/c1-5-31-25-13-22(3)10-23(4,14-25)12-24(11-22,15-25)16-28-17(2)19(9-26)18-7-6-8-27-20(18)21(29)30/h6-9,26,28H,5,10-16H2,1-4H3,(H,29,30)/b19-17+,26-9?. The van der Waals surface area contributed by atoms with E-state index in [0.29, 0.717) is 22.0 Å². The Morgan fingerprint density at radius 2 is 1.90 bits per heavy atom. The quantitative estimate of drug-likeness (QED) is 0.515.